The largest absolute Gasteiger partial charge is 0.388 e. The van der Waals surface area contributed by atoms with Crippen molar-refractivity contribution in [3.8, 4) is 0 Å². The minimum Gasteiger partial charge on any atom is -0.388 e. The Morgan fingerprint density at radius 3 is 2.67 bits per heavy atom. The molecule has 1 aliphatic heterocycles. The molecule has 0 aliphatic carbocycles. The van der Waals surface area contributed by atoms with Crippen LogP contribution in [0.2, 0.25) is 0 Å². The van der Waals surface area contributed by atoms with Crippen LogP contribution in [0.15, 0.2) is 18.2 Å². The molecule has 1 unspecified atom stereocenters. The number of likely N-dealkylation sites (N-methyl/N-ethyl adjacent to an activating group) is 1. The number of benzene rings is 1. The first-order valence-corrected chi connectivity index (χ1v) is 6.50. The van der Waals surface area contributed by atoms with Crippen molar-refractivity contribution in [1.29, 1.82) is 0 Å². The van der Waals surface area contributed by atoms with E-state index in [1.54, 1.807) is 11.9 Å². The number of nitrogens with zero attached hydrogens (tertiary/aromatic N) is 1. The van der Waals surface area contributed by atoms with Crippen molar-refractivity contribution < 1.29 is 9.90 Å². The first kappa shape index (κ1) is 13.1. The van der Waals surface area contributed by atoms with Crippen LogP contribution in [-0.2, 0) is 10.2 Å². The molecule has 3 nitrogen and oxygen atoms in total. The van der Waals surface area contributed by atoms with Gasteiger partial charge in [0.2, 0.25) is 5.91 Å². The smallest absolute Gasteiger partial charge is 0.236 e. The molecule has 0 saturated heterocycles. The van der Waals surface area contributed by atoms with Crippen molar-refractivity contribution in [1.82, 2.24) is 0 Å². The summed E-state index contributed by atoms with van der Waals surface area (Å²) in [7, 11) is 1.80. The zero-order valence-corrected chi connectivity index (χ0v) is 11.5. The van der Waals surface area contributed by atoms with Crippen LogP contribution in [0.3, 0.4) is 0 Å². The van der Waals surface area contributed by atoms with Gasteiger partial charge in [-0.1, -0.05) is 25.5 Å². The maximum atomic E-state index is 12.2. The quantitative estimate of drug-likeness (QED) is 0.892. The third-order valence-electron chi connectivity index (χ3n) is 3.84. The van der Waals surface area contributed by atoms with Crippen LogP contribution in [0.1, 0.15) is 50.8 Å². The lowest BCUT2D eigenvalue weighted by atomic mass is 9.84. The lowest BCUT2D eigenvalue weighted by Gasteiger charge is -2.17. The maximum absolute atomic E-state index is 12.2. The standard InChI is InChI=1S/C15H21NO2/c1-5-6-13(17)10-7-8-12-11(9-10)15(2,3)14(18)16(12)4/h7-9,13,17H,5-6H2,1-4H3. The van der Waals surface area contributed by atoms with E-state index in [0.29, 0.717) is 0 Å². The summed E-state index contributed by atoms with van der Waals surface area (Å²) in [5, 5.41) is 10.1. The predicted octanol–water partition coefficient (Wildman–Crippen LogP) is 2.77. The molecule has 0 spiro atoms. The zero-order valence-electron chi connectivity index (χ0n) is 11.5. The van der Waals surface area contributed by atoms with Crippen LogP contribution < -0.4 is 4.90 Å². The Balaban J connectivity index is 2.45. The van der Waals surface area contributed by atoms with E-state index in [0.717, 1.165) is 29.7 Å². The third kappa shape index (κ3) is 1.83. The molecule has 18 heavy (non-hydrogen) atoms. The highest BCUT2D eigenvalue weighted by Gasteiger charge is 2.42. The third-order valence-corrected chi connectivity index (χ3v) is 3.84. The monoisotopic (exact) mass is 247 g/mol. The molecular formula is C15H21NO2. The van der Waals surface area contributed by atoms with Crippen molar-refractivity contribution in [2.75, 3.05) is 11.9 Å². The second kappa shape index (κ2) is 4.39. The van der Waals surface area contributed by atoms with E-state index in [2.05, 4.69) is 6.92 Å². The van der Waals surface area contributed by atoms with Crippen LogP contribution in [0.5, 0.6) is 0 Å². The summed E-state index contributed by atoms with van der Waals surface area (Å²) in [6.45, 7) is 5.93. The maximum Gasteiger partial charge on any atom is 0.236 e. The normalized spacial score (nSPS) is 18.9. The zero-order chi connectivity index (χ0) is 13.5. The van der Waals surface area contributed by atoms with E-state index in [-0.39, 0.29) is 5.91 Å². The molecule has 98 valence electrons. The average Bonchev–Trinajstić information content (AvgIpc) is 2.51. The summed E-state index contributed by atoms with van der Waals surface area (Å²) in [5.74, 6) is 0.111. The van der Waals surface area contributed by atoms with Crippen LogP contribution in [-0.4, -0.2) is 18.1 Å². The molecule has 0 aromatic heterocycles. The predicted molar refractivity (Wildman–Crippen MR) is 72.7 cm³/mol. The number of aliphatic hydroxyl groups is 1. The van der Waals surface area contributed by atoms with Gasteiger partial charge >= 0.3 is 0 Å². The van der Waals surface area contributed by atoms with E-state index in [1.165, 1.54) is 0 Å². The van der Waals surface area contributed by atoms with E-state index in [4.69, 9.17) is 0 Å². The number of carbonyl (C=O) groups is 1. The van der Waals surface area contributed by atoms with Crippen LogP contribution in [0.25, 0.3) is 0 Å². The number of amides is 1. The van der Waals surface area contributed by atoms with Gasteiger partial charge in [0.05, 0.1) is 11.5 Å². The van der Waals surface area contributed by atoms with Gasteiger partial charge in [0.15, 0.2) is 0 Å². The number of carbonyl (C=O) groups excluding carboxylic acids is 1. The average molecular weight is 247 g/mol. The minimum absolute atomic E-state index is 0.111. The Hall–Kier alpha value is -1.35. The molecule has 2 rings (SSSR count). The fraction of sp³-hybridized carbons (Fsp3) is 0.533. The number of rotatable bonds is 3. The van der Waals surface area contributed by atoms with Gasteiger partial charge in [-0.15, -0.1) is 0 Å². The Kier molecular flexibility index (Phi) is 3.20. The van der Waals surface area contributed by atoms with E-state index >= 15 is 0 Å². The summed E-state index contributed by atoms with van der Waals surface area (Å²) in [4.78, 5) is 13.9. The molecule has 1 aromatic rings. The fourth-order valence-electron chi connectivity index (χ4n) is 2.64. The van der Waals surface area contributed by atoms with Gasteiger partial charge < -0.3 is 10.0 Å². The SMILES string of the molecule is CCCC(O)c1ccc2c(c1)C(C)(C)C(=O)N2C. The summed E-state index contributed by atoms with van der Waals surface area (Å²) in [5.41, 5.74) is 2.39. The number of hydrogen-bond acceptors (Lipinski definition) is 2. The van der Waals surface area contributed by atoms with E-state index < -0.39 is 11.5 Å². The van der Waals surface area contributed by atoms with Crippen molar-refractivity contribution in [3.63, 3.8) is 0 Å². The Bertz CT molecular complexity index is 479. The van der Waals surface area contributed by atoms with Crippen molar-refractivity contribution in [2.24, 2.45) is 0 Å². The second-order valence-electron chi connectivity index (χ2n) is 5.57. The topological polar surface area (TPSA) is 40.5 Å². The lowest BCUT2D eigenvalue weighted by molar-refractivity contribution is -0.121. The molecular weight excluding hydrogens is 226 g/mol. The molecule has 1 atom stereocenters. The summed E-state index contributed by atoms with van der Waals surface area (Å²) in [6.07, 6.45) is 1.26. The minimum atomic E-state index is -0.494. The van der Waals surface area contributed by atoms with Gasteiger partial charge in [0, 0.05) is 12.7 Å². The van der Waals surface area contributed by atoms with Crippen molar-refractivity contribution in [3.05, 3.63) is 29.3 Å². The fourth-order valence-corrected chi connectivity index (χ4v) is 2.64. The summed E-state index contributed by atoms with van der Waals surface area (Å²) < 4.78 is 0. The number of aliphatic hydroxyl groups excluding tert-OH is 1. The van der Waals surface area contributed by atoms with Gasteiger partial charge in [-0.2, -0.15) is 0 Å². The molecule has 0 radical (unpaired) electrons. The molecule has 1 aliphatic rings. The first-order chi connectivity index (χ1) is 8.39. The number of hydrogen-bond donors (Lipinski definition) is 1. The van der Waals surface area contributed by atoms with Crippen molar-refractivity contribution >= 4 is 11.6 Å². The Morgan fingerprint density at radius 1 is 1.39 bits per heavy atom. The first-order valence-electron chi connectivity index (χ1n) is 6.50. The van der Waals surface area contributed by atoms with E-state index in [9.17, 15) is 9.90 Å². The highest BCUT2D eigenvalue weighted by molar-refractivity contribution is 6.07. The van der Waals surface area contributed by atoms with Gasteiger partial charge in [-0.25, -0.2) is 0 Å². The molecule has 1 N–H and O–H groups in total. The second-order valence-corrected chi connectivity index (χ2v) is 5.57. The van der Waals surface area contributed by atoms with E-state index in [1.807, 2.05) is 32.0 Å². The van der Waals surface area contributed by atoms with Gasteiger partial charge in [-0.3, -0.25) is 4.79 Å². The van der Waals surface area contributed by atoms with Gasteiger partial charge in [0.25, 0.3) is 0 Å². The van der Waals surface area contributed by atoms with Crippen LogP contribution in [0, 0.1) is 0 Å². The van der Waals surface area contributed by atoms with Crippen LogP contribution in [0.4, 0.5) is 5.69 Å². The highest BCUT2D eigenvalue weighted by Crippen LogP contribution is 2.41. The highest BCUT2D eigenvalue weighted by atomic mass is 16.3. The molecule has 3 heteroatoms. The molecule has 0 bridgehead atoms. The molecule has 1 amide bonds. The molecule has 1 aromatic carbocycles. The van der Waals surface area contributed by atoms with Crippen molar-refractivity contribution in [2.45, 2.75) is 45.1 Å². The molecule has 0 fully saturated rings. The lowest BCUT2D eigenvalue weighted by Crippen LogP contribution is -2.33. The Labute approximate surface area is 108 Å². The summed E-state index contributed by atoms with van der Waals surface area (Å²) in [6, 6.07) is 5.84. The van der Waals surface area contributed by atoms with Gasteiger partial charge in [-0.05, 0) is 37.5 Å². The van der Waals surface area contributed by atoms with Crippen LogP contribution >= 0.6 is 0 Å². The number of fused-ring (bicyclic) bond motifs is 1. The molecule has 1 heterocycles. The summed E-state index contributed by atoms with van der Waals surface area (Å²) >= 11 is 0. The Morgan fingerprint density at radius 2 is 2.06 bits per heavy atom. The molecule has 0 saturated carbocycles. The van der Waals surface area contributed by atoms with Gasteiger partial charge in [0.1, 0.15) is 0 Å². The number of anilines is 1.